The SMILES string of the molecule is Cc1ccc(F)cc1S(=O)(=O)NCC(C(=O)O)C(C)C. The standard InChI is InChI=1S/C13H18FNO4S/c1-8(2)11(13(16)17)7-15-20(18,19)12-6-10(14)5-4-9(12)3/h4-6,8,11,15H,7H2,1-3H3,(H,16,17). The van der Waals surface area contributed by atoms with Crippen LogP contribution in [0, 0.1) is 24.6 Å². The third-order valence-electron chi connectivity index (χ3n) is 3.05. The molecule has 0 saturated carbocycles. The number of carboxylic acid groups (broad SMARTS) is 1. The minimum absolute atomic E-state index is 0.176. The molecule has 2 N–H and O–H groups in total. The van der Waals surface area contributed by atoms with Crippen molar-refractivity contribution in [2.45, 2.75) is 25.7 Å². The van der Waals surface area contributed by atoms with Crippen molar-refractivity contribution >= 4 is 16.0 Å². The van der Waals surface area contributed by atoms with E-state index in [0.717, 1.165) is 6.07 Å². The van der Waals surface area contributed by atoms with Crippen molar-refractivity contribution in [3.63, 3.8) is 0 Å². The van der Waals surface area contributed by atoms with Crippen molar-refractivity contribution < 1.29 is 22.7 Å². The van der Waals surface area contributed by atoms with E-state index < -0.39 is 27.7 Å². The van der Waals surface area contributed by atoms with Crippen molar-refractivity contribution in [1.82, 2.24) is 4.72 Å². The minimum Gasteiger partial charge on any atom is -0.481 e. The van der Waals surface area contributed by atoms with Crippen LogP contribution in [0.1, 0.15) is 19.4 Å². The monoisotopic (exact) mass is 303 g/mol. The summed E-state index contributed by atoms with van der Waals surface area (Å²) in [5, 5.41) is 9.01. The highest BCUT2D eigenvalue weighted by molar-refractivity contribution is 7.89. The molecule has 0 bridgehead atoms. The molecule has 5 nitrogen and oxygen atoms in total. The molecule has 0 radical (unpaired) electrons. The van der Waals surface area contributed by atoms with Crippen molar-refractivity contribution in [2.75, 3.05) is 6.54 Å². The summed E-state index contributed by atoms with van der Waals surface area (Å²) < 4.78 is 39.5. The predicted molar refractivity (Wildman–Crippen MR) is 72.3 cm³/mol. The van der Waals surface area contributed by atoms with E-state index in [-0.39, 0.29) is 17.4 Å². The number of hydrogen-bond donors (Lipinski definition) is 2. The lowest BCUT2D eigenvalue weighted by Gasteiger charge is -2.17. The molecule has 112 valence electrons. The van der Waals surface area contributed by atoms with Gasteiger partial charge in [-0.3, -0.25) is 4.79 Å². The Labute approximate surface area is 117 Å². The number of benzene rings is 1. The average molecular weight is 303 g/mol. The van der Waals surface area contributed by atoms with Gasteiger partial charge >= 0.3 is 5.97 Å². The lowest BCUT2D eigenvalue weighted by Crippen LogP contribution is -2.35. The third kappa shape index (κ3) is 4.01. The zero-order chi connectivity index (χ0) is 15.5. The summed E-state index contributed by atoms with van der Waals surface area (Å²) in [4.78, 5) is 10.8. The molecule has 1 aromatic carbocycles. The normalized spacial score (nSPS) is 13.4. The molecular weight excluding hydrogens is 285 g/mol. The largest absolute Gasteiger partial charge is 0.481 e. The maximum Gasteiger partial charge on any atom is 0.308 e. The second kappa shape index (κ2) is 6.32. The summed E-state index contributed by atoms with van der Waals surface area (Å²) in [7, 11) is -3.93. The number of rotatable bonds is 6. The second-order valence-corrected chi connectivity index (χ2v) is 6.69. The minimum atomic E-state index is -3.93. The van der Waals surface area contributed by atoms with Crippen LogP contribution in [0.2, 0.25) is 0 Å². The van der Waals surface area contributed by atoms with Crippen LogP contribution >= 0.6 is 0 Å². The molecule has 0 fully saturated rings. The smallest absolute Gasteiger partial charge is 0.308 e. The number of sulfonamides is 1. The zero-order valence-electron chi connectivity index (χ0n) is 11.6. The zero-order valence-corrected chi connectivity index (χ0v) is 12.4. The number of carbonyl (C=O) groups is 1. The Bertz CT molecular complexity index is 598. The fourth-order valence-electron chi connectivity index (χ4n) is 1.75. The molecule has 0 aromatic heterocycles. The maximum atomic E-state index is 13.1. The van der Waals surface area contributed by atoms with Gasteiger partial charge in [-0.05, 0) is 30.5 Å². The van der Waals surface area contributed by atoms with E-state index in [2.05, 4.69) is 4.72 Å². The second-order valence-electron chi connectivity index (χ2n) is 4.95. The quantitative estimate of drug-likeness (QED) is 0.839. The van der Waals surface area contributed by atoms with E-state index in [9.17, 15) is 17.6 Å². The summed E-state index contributed by atoms with van der Waals surface area (Å²) in [6.45, 7) is 4.71. The molecule has 0 heterocycles. The predicted octanol–water partition coefficient (Wildman–Crippen LogP) is 1.77. The molecule has 1 atom stereocenters. The van der Waals surface area contributed by atoms with Crippen LogP contribution < -0.4 is 4.72 Å². The Hall–Kier alpha value is -1.47. The number of aliphatic carboxylic acids is 1. The number of hydrogen-bond acceptors (Lipinski definition) is 3. The van der Waals surface area contributed by atoms with Crippen molar-refractivity contribution in [3.05, 3.63) is 29.6 Å². The first-order valence-electron chi connectivity index (χ1n) is 6.13. The molecule has 0 aliphatic rings. The summed E-state index contributed by atoms with van der Waals surface area (Å²) in [6, 6.07) is 3.45. The third-order valence-corrected chi connectivity index (χ3v) is 4.62. The lowest BCUT2D eigenvalue weighted by molar-refractivity contribution is -0.142. The fourth-order valence-corrected chi connectivity index (χ4v) is 3.06. The van der Waals surface area contributed by atoms with Gasteiger partial charge in [-0.25, -0.2) is 17.5 Å². The molecule has 0 aliphatic heterocycles. The van der Waals surface area contributed by atoms with Crippen molar-refractivity contribution in [3.8, 4) is 0 Å². The molecule has 0 aliphatic carbocycles. The van der Waals surface area contributed by atoms with Crippen LogP contribution in [0.15, 0.2) is 23.1 Å². The molecule has 0 spiro atoms. The van der Waals surface area contributed by atoms with Gasteiger partial charge in [-0.2, -0.15) is 0 Å². The van der Waals surface area contributed by atoms with Gasteiger partial charge in [0.2, 0.25) is 10.0 Å². The van der Waals surface area contributed by atoms with Gasteiger partial charge in [0.05, 0.1) is 10.8 Å². The van der Waals surface area contributed by atoms with Crippen LogP contribution in [0.25, 0.3) is 0 Å². The Morgan fingerprint density at radius 1 is 1.40 bits per heavy atom. The summed E-state index contributed by atoms with van der Waals surface area (Å²) >= 11 is 0. The van der Waals surface area contributed by atoms with E-state index >= 15 is 0 Å². The van der Waals surface area contributed by atoms with E-state index in [1.807, 2.05) is 0 Å². The van der Waals surface area contributed by atoms with Gasteiger partial charge in [0, 0.05) is 6.54 Å². The summed E-state index contributed by atoms with van der Waals surface area (Å²) in [6.07, 6.45) is 0. The molecule has 1 rings (SSSR count). The highest BCUT2D eigenvalue weighted by atomic mass is 32.2. The topological polar surface area (TPSA) is 83.5 Å². The maximum absolute atomic E-state index is 13.1. The van der Waals surface area contributed by atoms with Crippen LogP contribution in [-0.2, 0) is 14.8 Å². The Kier molecular flexibility index (Phi) is 5.24. The van der Waals surface area contributed by atoms with Gasteiger partial charge in [0.25, 0.3) is 0 Å². The van der Waals surface area contributed by atoms with Gasteiger partial charge in [0.15, 0.2) is 0 Å². The van der Waals surface area contributed by atoms with E-state index in [4.69, 9.17) is 5.11 Å². The Balaban J connectivity index is 2.95. The van der Waals surface area contributed by atoms with E-state index in [0.29, 0.717) is 5.56 Å². The van der Waals surface area contributed by atoms with Gasteiger partial charge < -0.3 is 5.11 Å². The van der Waals surface area contributed by atoms with Gasteiger partial charge in [-0.15, -0.1) is 0 Å². The molecule has 7 heteroatoms. The summed E-state index contributed by atoms with van der Waals surface area (Å²) in [5.74, 6) is -2.78. The number of aryl methyl sites for hydroxylation is 1. The van der Waals surface area contributed by atoms with Crippen LogP contribution in [0.5, 0.6) is 0 Å². The van der Waals surface area contributed by atoms with Crippen LogP contribution in [0.3, 0.4) is 0 Å². The summed E-state index contributed by atoms with van der Waals surface area (Å²) in [5.41, 5.74) is 0.398. The highest BCUT2D eigenvalue weighted by Crippen LogP contribution is 2.17. The van der Waals surface area contributed by atoms with Gasteiger partial charge in [0.1, 0.15) is 5.82 Å². The Morgan fingerprint density at radius 2 is 2.00 bits per heavy atom. The van der Waals surface area contributed by atoms with E-state index in [1.165, 1.54) is 12.1 Å². The first kappa shape index (κ1) is 16.6. The van der Waals surface area contributed by atoms with Crippen LogP contribution in [-0.4, -0.2) is 26.0 Å². The molecule has 0 amide bonds. The number of carboxylic acids is 1. The van der Waals surface area contributed by atoms with Crippen LogP contribution in [0.4, 0.5) is 4.39 Å². The van der Waals surface area contributed by atoms with Crippen molar-refractivity contribution in [1.29, 1.82) is 0 Å². The first-order chi connectivity index (χ1) is 9.15. The van der Waals surface area contributed by atoms with Crippen molar-refractivity contribution in [2.24, 2.45) is 11.8 Å². The molecule has 1 unspecified atom stereocenters. The lowest BCUT2D eigenvalue weighted by atomic mass is 9.97. The Morgan fingerprint density at radius 3 is 2.50 bits per heavy atom. The van der Waals surface area contributed by atoms with E-state index in [1.54, 1.807) is 20.8 Å². The first-order valence-corrected chi connectivity index (χ1v) is 7.62. The van der Waals surface area contributed by atoms with Gasteiger partial charge in [-0.1, -0.05) is 19.9 Å². The molecule has 1 aromatic rings. The fraction of sp³-hybridized carbons (Fsp3) is 0.462. The molecule has 20 heavy (non-hydrogen) atoms. The molecular formula is C13H18FNO4S. The number of halogens is 1. The number of nitrogens with one attached hydrogen (secondary N) is 1. The molecule has 0 saturated heterocycles. The average Bonchev–Trinajstić information content (AvgIpc) is 2.31. The highest BCUT2D eigenvalue weighted by Gasteiger charge is 2.25.